The van der Waals surface area contributed by atoms with Crippen molar-refractivity contribution in [3.05, 3.63) is 41.7 Å². The Kier molecular flexibility index (Phi) is 3.66. The number of anilines is 1. The topological polar surface area (TPSA) is 46.3 Å². The molecule has 0 aromatic heterocycles. The van der Waals surface area contributed by atoms with Gasteiger partial charge in [0.05, 0.1) is 5.69 Å². The van der Waals surface area contributed by atoms with E-state index in [4.69, 9.17) is 5.73 Å². The van der Waals surface area contributed by atoms with Crippen molar-refractivity contribution in [2.75, 3.05) is 19.3 Å². The molecule has 0 atom stereocenters. The first-order valence-corrected chi connectivity index (χ1v) is 4.86. The molecule has 0 unspecified atom stereocenters. The number of likely N-dealkylation sites (N-methyl/N-ethyl adjacent to an activating group) is 1. The molecule has 0 aliphatic rings. The number of hydrogen-bond acceptors (Lipinski definition) is 2. The molecule has 0 radical (unpaired) electrons. The third-order valence-corrected chi connectivity index (χ3v) is 2.10. The van der Waals surface area contributed by atoms with Gasteiger partial charge >= 0.3 is 0 Å². The lowest BCUT2D eigenvalue weighted by Crippen LogP contribution is -2.28. The first-order valence-electron chi connectivity index (χ1n) is 4.86. The summed E-state index contributed by atoms with van der Waals surface area (Å²) in [6.45, 7) is 5.99. The van der Waals surface area contributed by atoms with Gasteiger partial charge in [-0.25, -0.2) is 4.39 Å². The van der Waals surface area contributed by atoms with Crippen LogP contribution in [0, 0.1) is 5.82 Å². The van der Waals surface area contributed by atoms with E-state index in [0.29, 0.717) is 6.54 Å². The molecule has 1 amide bonds. The van der Waals surface area contributed by atoms with Gasteiger partial charge < -0.3 is 10.6 Å². The van der Waals surface area contributed by atoms with E-state index >= 15 is 0 Å². The molecule has 0 bridgehead atoms. The summed E-state index contributed by atoms with van der Waals surface area (Å²) in [7, 11) is 1.64. The van der Waals surface area contributed by atoms with E-state index in [-0.39, 0.29) is 17.2 Å². The van der Waals surface area contributed by atoms with E-state index in [9.17, 15) is 9.18 Å². The van der Waals surface area contributed by atoms with Crippen molar-refractivity contribution in [2.45, 2.75) is 6.92 Å². The van der Waals surface area contributed by atoms with Gasteiger partial charge in [-0.3, -0.25) is 4.79 Å². The van der Waals surface area contributed by atoms with Crippen LogP contribution >= 0.6 is 0 Å². The number of carbonyl (C=O) groups excluding carboxylic acids is 1. The fourth-order valence-electron chi connectivity index (χ4n) is 1.36. The van der Waals surface area contributed by atoms with Crippen molar-refractivity contribution in [3.63, 3.8) is 0 Å². The lowest BCUT2D eigenvalue weighted by Gasteiger charge is -2.17. The molecule has 1 aromatic rings. The molecule has 0 aliphatic heterocycles. The Morgan fingerprint density at radius 3 is 2.69 bits per heavy atom. The lowest BCUT2D eigenvalue weighted by molar-refractivity contribution is 0.0806. The van der Waals surface area contributed by atoms with Crippen LogP contribution in [0.15, 0.2) is 30.4 Å². The summed E-state index contributed by atoms with van der Waals surface area (Å²) in [6.07, 6.45) is 0. The highest BCUT2D eigenvalue weighted by atomic mass is 19.1. The summed E-state index contributed by atoms with van der Waals surface area (Å²) >= 11 is 0. The maximum absolute atomic E-state index is 13.2. The second-order valence-corrected chi connectivity index (χ2v) is 3.85. The monoisotopic (exact) mass is 222 g/mol. The molecule has 3 nitrogen and oxygen atoms in total. The average Bonchev–Trinajstić information content (AvgIpc) is 2.20. The molecule has 4 heteroatoms. The predicted molar refractivity (Wildman–Crippen MR) is 62.6 cm³/mol. The molecular formula is C12H15FN2O. The minimum Gasteiger partial charge on any atom is -0.396 e. The summed E-state index contributed by atoms with van der Waals surface area (Å²) in [6, 6.07) is 4.04. The van der Waals surface area contributed by atoms with E-state index < -0.39 is 5.82 Å². The zero-order valence-electron chi connectivity index (χ0n) is 9.46. The van der Waals surface area contributed by atoms with Gasteiger partial charge in [0, 0.05) is 19.2 Å². The minimum atomic E-state index is -0.574. The number of rotatable bonds is 3. The number of nitrogen functional groups attached to an aromatic ring is 1. The van der Waals surface area contributed by atoms with Gasteiger partial charge in [-0.15, -0.1) is 0 Å². The lowest BCUT2D eigenvalue weighted by atomic mass is 10.1. The van der Waals surface area contributed by atoms with Crippen LogP contribution in [0.5, 0.6) is 0 Å². The van der Waals surface area contributed by atoms with Crippen molar-refractivity contribution >= 4 is 11.6 Å². The van der Waals surface area contributed by atoms with E-state index in [0.717, 1.165) is 11.6 Å². The summed E-state index contributed by atoms with van der Waals surface area (Å²) < 4.78 is 13.2. The Bertz CT molecular complexity index is 429. The van der Waals surface area contributed by atoms with Crippen LogP contribution in [0.1, 0.15) is 17.3 Å². The van der Waals surface area contributed by atoms with Crippen molar-refractivity contribution in [3.8, 4) is 0 Å². The number of carbonyl (C=O) groups is 1. The third kappa shape index (κ3) is 2.82. The second kappa shape index (κ2) is 4.79. The van der Waals surface area contributed by atoms with Crippen LogP contribution in [0.25, 0.3) is 0 Å². The van der Waals surface area contributed by atoms with Crippen molar-refractivity contribution < 1.29 is 9.18 Å². The standard InChI is InChI=1S/C12H15FN2O/c1-8(2)7-15(3)12(16)9-4-5-11(14)10(13)6-9/h4-6H,1,7,14H2,2-3H3. The fourth-order valence-corrected chi connectivity index (χ4v) is 1.36. The molecule has 1 aromatic carbocycles. The Morgan fingerprint density at radius 1 is 1.56 bits per heavy atom. The number of amides is 1. The molecule has 1 rings (SSSR count). The summed E-state index contributed by atoms with van der Waals surface area (Å²) in [5.74, 6) is -0.823. The van der Waals surface area contributed by atoms with Crippen LogP contribution in [0.4, 0.5) is 10.1 Å². The number of benzene rings is 1. The van der Waals surface area contributed by atoms with E-state index in [1.807, 2.05) is 6.92 Å². The fraction of sp³-hybridized carbons (Fsp3) is 0.250. The van der Waals surface area contributed by atoms with Crippen LogP contribution in [0.2, 0.25) is 0 Å². The van der Waals surface area contributed by atoms with E-state index in [1.54, 1.807) is 7.05 Å². The zero-order chi connectivity index (χ0) is 12.3. The maximum Gasteiger partial charge on any atom is 0.253 e. The van der Waals surface area contributed by atoms with Crippen molar-refractivity contribution in [2.24, 2.45) is 0 Å². The number of nitrogens with two attached hydrogens (primary N) is 1. The molecule has 2 N–H and O–H groups in total. The number of halogens is 1. The van der Waals surface area contributed by atoms with Crippen molar-refractivity contribution in [1.29, 1.82) is 0 Å². The van der Waals surface area contributed by atoms with Gasteiger partial charge in [-0.1, -0.05) is 12.2 Å². The number of nitrogens with zero attached hydrogens (tertiary/aromatic N) is 1. The molecule has 0 fully saturated rings. The largest absolute Gasteiger partial charge is 0.396 e. The van der Waals surface area contributed by atoms with Crippen LogP contribution in [0.3, 0.4) is 0 Å². The Morgan fingerprint density at radius 2 is 2.19 bits per heavy atom. The minimum absolute atomic E-state index is 0.0408. The van der Waals surface area contributed by atoms with Gasteiger partial charge in [-0.05, 0) is 25.1 Å². The smallest absolute Gasteiger partial charge is 0.253 e. The zero-order valence-corrected chi connectivity index (χ0v) is 9.46. The molecular weight excluding hydrogens is 207 g/mol. The molecule has 0 aliphatic carbocycles. The van der Waals surface area contributed by atoms with Crippen LogP contribution < -0.4 is 5.73 Å². The highest BCUT2D eigenvalue weighted by molar-refractivity contribution is 5.94. The maximum atomic E-state index is 13.2. The summed E-state index contributed by atoms with van der Waals surface area (Å²) in [5.41, 5.74) is 6.53. The van der Waals surface area contributed by atoms with Crippen LogP contribution in [-0.2, 0) is 0 Å². The van der Waals surface area contributed by atoms with Crippen LogP contribution in [-0.4, -0.2) is 24.4 Å². The Hall–Kier alpha value is -1.84. The first-order chi connectivity index (χ1) is 7.41. The molecule has 0 spiro atoms. The normalized spacial score (nSPS) is 9.94. The highest BCUT2D eigenvalue weighted by Crippen LogP contribution is 2.13. The van der Waals surface area contributed by atoms with Gasteiger partial charge in [0.15, 0.2) is 0 Å². The van der Waals surface area contributed by atoms with Crippen molar-refractivity contribution in [1.82, 2.24) is 4.90 Å². The van der Waals surface area contributed by atoms with E-state index in [1.165, 1.54) is 17.0 Å². The molecule has 0 heterocycles. The third-order valence-electron chi connectivity index (χ3n) is 2.10. The van der Waals surface area contributed by atoms with Gasteiger partial charge in [0.1, 0.15) is 5.82 Å². The number of hydrogen-bond donors (Lipinski definition) is 1. The second-order valence-electron chi connectivity index (χ2n) is 3.85. The molecule has 0 saturated carbocycles. The SMILES string of the molecule is C=C(C)CN(C)C(=O)c1ccc(N)c(F)c1. The highest BCUT2D eigenvalue weighted by Gasteiger charge is 2.12. The van der Waals surface area contributed by atoms with Gasteiger partial charge in [0.2, 0.25) is 0 Å². The van der Waals surface area contributed by atoms with Gasteiger partial charge in [-0.2, -0.15) is 0 Å². The Balaban J connectivity index is 2.88. The molecule has 0 saturated heterocycles. The van der Waals surface area contributed by atoms with E-state index in [2.05, 4.69) is 6.58 Å². The molecule has 86 valence electrons. The van der Waals surface area contributed by atoms with Gasteiger partial charge in [0.25, 0.3) is 5.91 Å². The predicted octanol–water partition coefficient (Wildman–Crippen LogP) is 2.06. The summed E-state index contributed by atoms with van der Waals surface area (Å²) in [5, 5.41) is 0. The molecule has 16 heavy (non-hydrogen) atoms. The summed E-state index contributed by atoms with van der Waals surface area (Å²) in [4.78, 5) is 13.3. The average molecular weight is 222 g/mol. The quantitative estimate of drug-likeness (QED) is 0.628. The first kappa shape index (κ1) is 12.2. The Labute approximate surface area is 94.4 Å².